The number of rotatable bonds is 18. The molecule has 0 heterocycles. The largest absolute Gasteiger partial charge is 0.481 e. The second-order valence-corrected chi connectivity index (χ2v) is 4.69. The first-order valence-corrected chi connectivity index (χ1v) is 7.95. The SMILES string of the molecule is COCCNC(=O)CCOCCOCCOCCOCCC(=O)O. The van der Waals surface area contributed by atoms with Crippen LogP contribution >= 0.6 is 0 Å². The van der Waals surface area contributed by atoms with Gasteiger partial charge in [-0.3, -0.25) is 9.59 Å². The normalized spacial score (nSPS) is 10.7. The Morgan fingerprint density at radius 2 is 1.21 bits per heavy atom. The summed E-state index contributed by atoms with van der Waals surface area (Å²) in [6, 6.07) is 0. The number of hydrogen-bond donors (Lipinski definition) is 2. The van der Waals surface area contributed by atoms with E-state index in [0.717, 1.165) is 0 Å². The van der Waals surface area contributed by atoms with Gasteiger partial charge in [0.05, 0.1) is 65.9 Å². The summed E-state index contributed by atoms with van der Waals surface area (Å²) >= 11 is 0. The number of amides is 1. The monoisotopic (exact) mass is 351 g/mol. The van der Waals surface area contributed by atoms with Crippen molar-refractivity contribution in [1.82, 2.24) is 5.32 Å². The Morgan fingerprint density at radius 1 is 0.750 bits per heavy atom. The molecule has 9 nitrogen and oxygen atoms in total. The van der Waals surface area contributed by atoms with E-state index < -0.39 is 5.97 Å². The number of nitrogens with one attached hydrogen (secondary N) is 1. The summed E-state index contributed by atoms with van der Waals surface area (Å²) in [6.45, 7) is 4.04. The van der Waals surface area contributed by atoms with E-state index in [2.05, 4.69) is 5.32 Å². The Kier molecular flexibility index (Phi) is 17.1. The van der Waals surface area contributed by atoms with E-state index in [9.17, 15) is 9.59 Å². The molecule has 0 aliphatic rings. The van der Waals surface area contributed by atoms with Crippen LogP contribution in [0, 0.1) is 0 Å². The number of carbonyl (C=O) groups excluding carboxylic acids is 1. The summed E-state index contributed by atoms with van der Waals surface area (Å²) in [5, 5.41) is 11.1. The van der Waals surface area contributed by atoms with E-state index >= 15 is 0 Å². The van der Waals surface area contributed by atoms with Crippen molar-refractivity contribution >= 4 is 11.9 Å². The third-order valence-electron chi connectivity index (χ3n) is 2.68. The molecule has 0 aliphatic carbocycles. The molecule has 0 aromatic rings. The zero-order chi connectivity index (χ0) is 17.9. The second kappa shape index (κ2) is 18.1. The molecule has 142 valence electrons. The number of methoxy groups -OCH3 is 1. The Bertz CT molecular complexity index is 314. The lowest BCUT2D eigenvalue weighted by atomic mass is 10.4. The first-order valence-electron chi connectivity index (χ1n) is 7.95. The fraction of sp³-hybridized carbons (Fsp3) is 0.867. The quantitative estimate of drug-likeness (QED) is 0.323. The number of carboxylic acid groups (broad SMARTS) is 1. The predicted octanol–water partition coefficient (Wildman–Crippen LogP) is -0.320. The van der Waals surface area contributed by atoms with E-state index in [1.54, 1.807) is 7.11 Å². The molecule has 0 spiro atoms. The smallest absolute Gasteiger partial charge is 0.305 e. The zero-order valence-electron chi connectivity index (χ0n) is 14.3. The lowest BCUT2D eigenvalue weighted by Crippen LogP contribution is -2.27. The van der Waals surface area contributed by atoms with Crippen LogP contribution in [0.4, 0.5) is 0 Å². The number of hydrogen-bond acceptors (Lipinski definition) is 7. The van der Waals surface area contributed by atoms with Crippen LogP contribution in [0.15, 0.2) is 0 Å². The maximum absolute atomic E-state index is 11.3. The van der Waals surface area contributed by atoms with Crippen LogP contribution in [0.5, 0.6) is 0 Å². The van der Waals surface area contributed by atoms with Gasteiger partial charge in [-0.2, -0.15) is 0 Å². The van der Waals surface area contributed by atoms with E-state index in [0.29, 0.717) is 65.8 Å². The van der Waals surface area contributed by atoms with Crippen LogP contribution in [0.1, 0.15) is 12.8 Å². The van der Waals surface area contributed by atoms with Crippen LogP contribution in [0.3, 0.4) is 0 Å². The molecule has 0 fully saturated rings. The average Bonchev–Trinajstić information content (AvgIpc) is 2.55. The summed E-state index contributed by atoms with van der Waals surface area (Å²) in [5.41, 5.74) is 0. The highest BCUT2D eigenvalue weighted by Crippen LogP contribution is 1.87. The molecule has 2 N–H and O–H groups in total. The summed E-state index contributed by atoms with van der Waals surface area (Å²) in [7, 11) is 1.58. The fourth-order valence-corrected chi connectivity index (χ4v) is 1.47. The van der Waals surface area contributed by atoms with Crippen LogP contribution in [-0.4, -0.2) is 90.1 Å². The molecule has 0 rings (SSSR count). The maximum atomic E-state index is 11.3. The molecular weight excluding hydrogens is 322 g/mol. The molecule has 0 bridgehead atoms. The lowest BCUT2D eigenvalue weighted by Gasteiger charge is -2.07. The third-order valence-corrected chi connectivity index (χ3v) is 2.68. The molecule has 0 aliphatic heterocycles. The van der Waals surface area contributed by atoms with Gasteiger partial charge in [0.25, 0.3) is 0 Å². The highest BCUT2D eigenvalue weighted by molar-refractivity contribution is 5.75. The van der Waals surface area contributed by atoms with Crippen molar-refractivity contribution in [2.24, 2.45) is 0 Å². The van der Waals surface area contributed by atoms with E-state index in [4.69, 9.17) is 28.8 Å². The average molecular weight is 351 g/mol. The van der Waals surface area contributed by atoms with Gasteiger partial charge in [-0.05, 0) is 0 Å². The Labute approximate surface area is 142 Å². The van der Waals surface area contributed by atoms with Crippen molar-refractivity contribution in [3.8, 4) is 0 Å². The molecule has 0 saturated carbocycles. The van der Waals surface area contributed by atoms with Gasteiger partial charge < -0.3 is 34.1 Å². The van der Waals surface area contributed by atoms with Gasteiger partial charge in [-0.15, -0.1) is 0 Å². The minimum Gasteiger partial charge on any atom is -0.481 e. The van der Waals surface area contributed by atoms with Crippen molar-refractivity contribution in [2.75, 3.05) is 73.1 Å². The highest BCUT2D eigenvalue weighted by atomic mass is 16.6. The molecule has 0 saturated heterocycles. The second-order valence-electron chi connectivity index (χ2n) is 4.69. The maximum Gasteiger partial charge on any atom is 0.305 e. The van der Waals surface area contributed by atoms with Crippen LogP contribution in [0.25, 0.3) is 0 Å². The Morgan fingerprint density at radius 3 is 1.67 bits per heavy atom. The number of aliphatic carboxylic acids is 1. The molecule has 0 aromatic carbocycles. The van der Waals surface area contributed by atoms with Gasteiger partial charge in [0, 0.05) is 20.1 Å². The van der Waals surface area contributed by atoms with Crippen LogP contribution in [0.2, 0.25) is 0 Å². The van der Waals surface area contributed by atoms with Gasteiger partial charge in [-0.25, -0.2) is 0 Å². The fourth-order valence-electron chi connectivity index (χ4n) is 1.47. The number of ether oxygens (including phenoxy) is 5. The van der Waals surface area contributed by atoms with Crippen molar-refractivity contribution in [1.29, 1.82) is 0 Å². The summed E-state index contributed by atoms with van der Waals surface area (Å²) < 4.78 is 25.7. The Hall–Kier alpha value is -1.26. The standard InChI is InChI=1S/C15H29NO8/c1-20-7-4-16-14(17)2-5-21-8-10-23-12-13-24-11-9-22-6-3-15(18)19/h2-13H2,1H3,(H,16,17)(H,18,19). The Balaban J connectivity index is 3.10. The van der Waals surface area contributed by atoms with Crippen LogP contribution in [-0.2, 0) is 33.3 Å². The van der Waals surface area contributed by atoms with Gasteiger partial charge in [-0.1, -0.05) is 0 Å². The number of carbonyl (C=O) groups is 2. The summed E-state index contributed by atoms with van der Waals surface area (Å²) in [6.07, 6.45) is 0.312. The predicted molar refractivity (Wildman–Crippen MR) is 85.0 cm³/mol. The van der Waals surface area contributed by atoms with Crippen LogP contribution < -0.4 is 5.32 Å². The molecule has 0 unspecified atom stereocenters. The topological polar surface area (TPSA) is 113 Å². The minimum absolute atomic E-state index is 0.00206. The van der Waals surface area contributed by atoms with E-state index in [1.165, 1.54) is 0 Å². The van der Waals surface area contributed by atoms with Gasteiger partial charge >= 0.3 is 5.97 Å². The van der Waals surface area contributed by atoms with E-state index in [-0.39, 0.29) is 18.9 Å². The lowest BCUT2D eigenvalue weighted by molar-refractivity contribution is -0.138. The molecule has 0 aromatic heterocycles. The molecule has 0 atom stereocenters. The van der Waals surface area contributed by atoms with Crippen molar-refractivity contribution < 1.29 is 38.4 Å². The highest BCUT2D eigenvalue weighted by Gasteiger charge is 2.00. The van der Waals surface area contributed by atoms with Crippen molar-refractivity contribution in [3.63, 3.8) is 0 Å². The summed E-state index contributed by atoms with van der Waals surface area (Å²) in [4.78, 5) is 21.5. The summed E-state index contributed by atoms with van der Waals surface area (Å²) in [5.74, 6) is -0.940. The first-order chi connectivity index (χ1) is 11.7. The first kappa shape index (κ1) is 22.7. The van der Waals surface area contributed by atoms with Crippen molar-refractivity contribution in [3.05, 3.63) is 0 Å². The number of carboxylic acids is 1. The molecule has 1 amide bonds. The molecule has 0 radical (unpaired) electrons. The molecule has 9 heteroatoms. The van der Waals surface area contributed by atoms with Gasteiger partial charge in [0.1, 0.15) is 0 Å². The van der Waals surface area contributed by atoms with E-state index in [1.807, 2.05) is 0 Å². The zero-order valence-corrected chi connectivity index (χ0v) is 14.3. The van der Waals surface area contributed by atoms with Gasteiger partial charge in [0.2, 0.25) is 5.91 Å². The minimum atomic E-state index is -0.877. The molecular formula is C15H29NO8. The third kappa shape index (κ3) is 18.8. The molecule has 24 heavy (non-hydrogen) atoms. The van der Waals surface area contributed by atoms with Crippen molar-refractivity contribution in [2.45, 2.75) is 12.8 Å². The van der Waals surface area contributed by atoms with Gasteiger partial charge in [0.15, 0.2) is 0 Å².